The van der Waals surface area contributed by atoms with Crippen molar-refractivity contribution in [3.05, 3.63) is 65.2 Å². The Bertz CT molecular complexity index is 593. The predicted molar refractivity (Wildman–Crippen MR) is 82.8 cm³/mol. The van der Waals surface area contributed by atoms with E-state index in [9.17, 15) is 4.79 Å². The standard InChI is InChI=1S/C17H20N2O/c1-13-9-10-16(11-14(13)2)18-17(20)19(3)12-15-7-5-4-6-8-15/h4-11H,12H2,1-3H3,(H,18,20). The second-order valence-corrected chi connectivity index (χ2v) is 5.07. The fraction of sp³-hybridized carbons (Fsp3) is 0.235. The van der Waals surface area contributed by atoms with Crippen molar-refractivity contribution in [3.8, 4) is 0 Å². The molecule has 0 aliphatic carbocycles. The number of amides is 2. The van der Waals surface area contributed by atoms with Crippen LogP contribution in [0.2, 0.25) is 0 Å². The number of hydrogen-bond donors (Lipinski definition) is 1. The summed E-state index contributed by atoms with van der Waals surface area (Å²) in [5.41, 5.74) is 4.34. The van der Waals surface area contributed by atoms with Crippen LogP contribution in [0, 0.1) is 13.8 Å². The summed E-state index contributed by atoms with van der Waals surface area (Å²) in [6.45, 7) is 4.69. The van der Waals surface area contributed by atoms with Crippen molar-refractivity contribution < 1.29 is 4.79 Å². The Morgan fingerprint density at radius 3 is 2.40 bits per heavy atom. The van der Waals surface area contributed by atoms with Crippen LogP contribution in [-0.2, 0) is 6.54 Å². The van der Waals surface area contributed by atoms with E-state index in [0.717, 1.165) is 11.3 Å². The summed E-state index contributed by atoms with van der Waals surface area (Å²) in [6.07, 6.45) is 0. The molecule has 2 rings (SSSR count). The zero-order valence-corrected chi connectivity index (χ0v) is 12.2. The van der Waals surface area contributed by atoms with E-state index in [-0.39, 0.29) is 6.03 Å². The smallest absolute Gasteiger partial charge is 0.321 e. The first-order valence-electron chi connectivity index (χ1n) is 6.69. The number of hydrogen-bond acceptors (Lipinski definition) is 1. The highest BCUT2D eigenvalue weighted by Gasteiger charge is 2.09. The SMILES string of the molecule is Cc1ccc(NC(=O)N(C)Cc2ccccc2)cc1C. The van der Waals surface area contributed by atoms with Gasteiger partial charge in [-0.05, 0) is 42.7 Å². The molecule has 0 bridgehead atoms. The summed E-state index contributed by atoms with van der Waals surface area (Å²) in [7, 11) is 1.80. The Morgan fingerprint density at radius 1 is 1.05 bits per heavy atom. The molecule has 2 amide bonds. The van der Waals surface area contributed by atoms with E-state index >= 15 is 0 Å². The molecule has 0 aromatic heterocycles. The van der Waals surface area contributed by atoms with Gasteiger partial charge in [0.05, 0.1) is 0 Å². The lowest BCUT2D eigenvalue weighted by Gasteiger charge is -2.18. The second-order valence-electron chi connectivity index (χ2n) is 5.07. The lowest BCUT2D eigenvalue weighted by molar-refractivity contribution is 0.220. The average Bonchev–Trinajstić information content (AvgIpc) is 2.44. The molecular weight excluding hydrogens is 248 g/mol. The third-order valence-corrected chi connectivity index (χ3v) is 3.37. The number of urea groups is 1. The monoisotopic (exact) mass is 268 g/mol. The summed E-state index contributed by atoms with van der Waals surface area (Å²) in [5.74, 6) is 0. The minimum Gasteiger partial charge on any atom is -0.323 e. The van der Waals surface area contributed by atoms with Crippen molar-refractivity contribution in [2.24, 2.45) is 0 Å². The van der Waals surface area contributed by atoms with Gasteiger partial charge < -0.3 is 10.2 Å². The third-order valence-electron chi connectivity index (χ3n) is 3.37. The van der Waals surface area contributed by atoms with Crippen LogP contribution in [0.5, 0.6) is 0 Å². The largest absolute Gasteiger partial charge is 0.323 e. The van der Waals surface area contributed by atoms with Gasteiger partial charge in [0.25, 0.3) is 0 Å². The van der Waals surface area contributed by atoms with E-state index in [0.29, 0.717) is 6.54 Å². The molecule has 3 heteroatoms. The predicted octanol–water partition coefficient (Wildman–Crippen LogP) is 3.97. The first kappa shape index (κ1) is 14.1. The van der Waals surface area contributed by atoms with Gasteiger partial charge in [-0.2, -0.15) is 0 Å². The maximum absolute atomic E-state index is 12.1. The van der Waals surface area contributed by atoms with E-state index in [1.165, 1.54) is 11.1 Å². The Labute approximate surface area is 120 Å². The zero-order chi connectivity index (χ0) is 14.5. The van der Waals surface area contributed by atoms with Crippen molar-refractivity contribution in [2.75, 3.05) is 12.4 Å². The minimum absolute atomic E-state index is 0.0999. The molecule has 3 nitrogen and oxygen atoms in total. The van der Waals surface area contributed by atoms with Crippen LogP contribution in [0.15, 0.2) is 48.5 Å². The zero-order valence-electron chi connectivity index (χ0n) is 12.2. The van der Waals surface area contributed by atoms with E-state index in [4.69, 9.17) is 0 Å². The number of anilines is 1. The first-order chi connectivity index (χ1) is 9.56. The molecule has 1 N–H and O–H groups in total. The van der Waals surface area contributed by atoms with Crippen LogP contribution < -0.4 is 5.32 Å². The van der Waals surface area contributed by atoms with Gasteiger partial charge in [-0.3, -0.25) is 0 Å². The van der Waals surface area contributed by atoms with E-state index in [2.05, 4.69) is 12.2 Å². The van der Waals surface area contributed by atoms with Gasteiger partial charge >= 0.3 is 6.03 Å². The Balaban J connectivity index is 1.99. The number of nitrogens with zero attached hydrogens (tertiary/aromatic N) is 1. The van der Waals surface area contributed by atoms with Crippen LogP contribution in [0.3, 0.4) is 0 Å². The fourth-order valence-electron chi connectivity index (χ4n) is 1.97. The van der Waals surface area contributed by atoms with Gasteiger partial charge in [-0.15, -0.1) is 0 Å². The van der Waals surface area contributed by atoms with Crippen molar-refractivity contribution in [1.82, 2.24) is 4.90 Å². The Kier molecular flexibility index (Phi) is 4.41. The lowest BCUT2D eigenvalue weighted by atomic mass is 10.1. The molecular formula is C17H20N2O. The maximum Gasteiger partial charge on any atom is 0.321 e. The van der Waals surface area contributed by atoms with Gasteiger partial charge in [-0.25, -0.2) is 4.79 Å². The number of rotatable bonds is 3. The van der Waals surface area contributed by atoms with E-state index in [1.54, 1.807) is 11.9 Å². The quantitative estimate of drug-likeness (QED) is 0.897. The van der Waals surface area contributed by atoms with Crippen LogP contribution >= 0.6 is 0 Å². The average molecular weight is 268 g/mol. The molecule has 0 spiro atoms. The normalized spacial score (nSPS) is 10.2. The van der Waals surface area contributed by atoms with Crippen LogP contribution in [0.1, 0.15) is 16.7 Å². The first-order valence-corrected chi connectivity index (χ1v) is 6.69. The Morgan fingerprint density at radius 2 is 1.75 bits per heavy atom. The molecule has 0 heterocycles. The highest BCUT2D eigenvalue weighted by molar-refractivity contribution is 5.89. The van der Waals surface area contributed by atoms with Gasteiger partial charge in [0.2, 0.25) is 0 Å². The molecule has 0 saturated heterocycles. The summed E-state index contributed by atoms with van der Waals surface area (Å²) in [6, 6.07) is 15.8. The molecule has 2 aromatic rings. The molecule has 104 valence electrons. The van der Waals surface area contributed by atoms with Gasteiger partial charge in [0.15, 0.2) is 0 Å². The van der Waals surface area contributed by atoms with Crippen LogP contribution in [0.4, 0.5) is 10.5 Å². The fourth-order valence-corrected chi connectivity index (χ4v) is 1.97. The summed E-state index contributed by atoms with van der Waals surface area (Å²) >= 11 is 0. The number of nitrogens with one attached hydrogen (secondary N) is 1. The number of carbonyl (C=O) groups excluding carboxylic acids is 1. The number of benzene rings is 2. The van der Waals surface area contributed by atoms with Gasteiger partial charge in [-0.1, -0.05) is 36.4 Å². The summed E-state index contributed by atoms with van der Waals surface area (Å²) < 4.78 is 0. The number of aryl methyl sites for hydroxylation is 2. The van der Waals surface area contributed by atoms with Crippen molar-refractivity contribution >= 4 is 11.7 Å². The summed E-state index contributed by atoms with van der Waals surface area (Å²) in [5, 5.41) is 2.92. The van der Waals surface area contributed by atoms with E-state index < -0.39 is 0 Å². The molecule has 20 heavy (non-hydrogen) atoms. The summed E-state index contributed by atoms with van der Waals surface area (Å²) in [4.78, 5) is 13.8. The molecule has 0 unspecified atom stereocenters. The van der Waals surface area contributed by atoms with Crippen LogP contribution in [-0.4, -0.2) is 18.0 Å². The molecule has 0 aliphatic heterocycles. The lowest BCUT2D eigenvalue weighted by Crippen LogP contribution is -2.30. The molecule has 0 atom stereocenters. The van der Waals surface area contributed by atoms with Gasteiger partial charge in [0, 0.05) is 19.3 Å². The van der Waals surface area contributed by atoms with Gasteiger partial charge in [0.1, 0.15) is 0 Å². The molecule has 0 radical (unpaired) electrons. The van der Waals surface area contributed by atoms with Crippen molar-refractivity contribution in [2.45, 2.75) is 20.4 Å². The minimum atomic E-state index is -0.0999. The van der Waals surface area contributed by atoms with Crippen LogP contribution in [0.25, 0.3) is 0 Å². The number of carbonyl (C=O) groups is 1. The maximum atomic E-state index is 12.1. The molecule has 2 aromatic carbocycles. The highest BCUT2D eigenvalue weighted by Crippen LogP contribution is 2.15. The molecule has 0 aliphatic rings. The second kappa shape index (κ2) is 6.24. The topological polar surface area (TPSA) is 32.3 Å². The molecule has 0 saturated carbocycles. The third kappa shape index (κ3) is 3.60. The highest BCUT2D eigenvalue weighted by atomic mass is 16.2. The van der Waals surface area contributed by atoms with E-state index in [1.807, 2.05) is 55.5 Å². The molecule has 0 fully saturated rings. The van der Waals surface area contributed by atoms with Crippen molar-refractivity contribution in [1.29, 1.82) is 0 Å². The van der Waals surface area contributed by atoms with Crippen molar-refractivity contribution in [3.63, 3.8) is 0 Å². The Hall–Kier alpha value is -2.29.